The lowest BCUT2D eigenvalue weighted by Gasteiger charge is -2.17. The van der Waals surface area contributed by atoms with Crippen molar-refractivity contribution in [3.63, 3.8) is 0 Å². The molecule has 0 bridgehead atoms. The highest BCUT2D eigenvalue weighted by molar-refractivity contribution is 7.90. The largest absolute Gasteiger partial charge is 0.481 e. The van der Waals surface area contributed by atoms with Crippen LogP contribution in [-0.4, -0.2) is 49.5 Å². The number of hydrogen-bond acceptors (Lipinski definition) is 7. The van der Waals surface area contributed by atoms with E-state index in [0.29, 0.717) is 24.8 Å². The number of fused-ring (bicyclic) bond motifs is 1. The second kappa shape index (κ2) is 9.07. The second-order valence-corrected chi connectivity index (χ2v) is 9.91. The van der Waals surface area contributed by atoms with Crippen molar-refractivity contribution in [2.24, 2.45) is 0 Å². The third kappa shape index (κ3) is 4.36. The maximum Gasteiger partial charge on any atom is 0.333 e. The van der Waals surface area contributed by atoms with Gasteiger partial charge in [0.1, 0.15) is 0 Å². The first kappa shape index (κ1) is 22.4. The molecule has 34 heavy (non-hydrogen) atoms. The number of rotatable bonds is 6. The van der Waals surface area contributed by atoms with Gasteiger partial charge in [-0.25, -0.2) is 14.5 Å². The third-order valence-electron chi connectivity index (χ3n) is 6.14. The number of carbonyl (C=O) groups is 1. The molecule has 178 valence electrons. The number of nitrogens with one attached hydrogen (secondary N) is 2. The van der Waals surface area contributed by atoms with Gasteiger partial charge in [-0.3, -0.25) is 4.68 Å². The normalized spacial score (nSPS) is 17.4. The van der Waals surface area contributed by atoms with Crippen LogP contribution in [0.4, 0.5) is 10.5 Å². The number of aromatic nitrogens is 3. The molecule has 0 saturated carbocycles. The zero-order valence-corrected chi connectivity index (χ0v) is 19.5. The molecule has 3 heterocycles. The maximum atomic E-state index is 12.9. The van der Waals surface area contributed by atoms with Crippen LogP contribution in [0.1, 0.15) is 30.0 Å². The third-order valence-corrected chi connectivity index (χ3v) is 7.36. The molecule has 1 aliphatic heterocycles. The van der Waals surface area contributed by atoms with E-state index in [0.717, 1.165) is 47.9 Å². The highest BCUT2D eigenvalue weighted by Crippen LogP contribution is 2.38. The maximum absolute atomic E-state index is 12.9. The molecule has 0 spiro atoms. The van der Waals surface area contributed by atoms with Crippen molar-refractivity contribution in [2.75, 3.05) is 25.6 Å². The minimum Gasteiger partial charge on any atom is -0.481 e. The summed E-state index contributed by atoms with van der Waals surface area (Å²) in [5.41, 5.74) is 4.30. The molecular formula is C23H25N5O5S. The van der Waals surface area contributed by atoms with Crippen LogP contribution in [0.15, 0.2) is 47.8 Å². The highest BCUT2D eigenvalue weighted by atomic mass is 32.2. The van der Waals surface area contributed by atoms with E-state index in [2.05, 4.69) is 20.1 Å². The average Bonchev–Trinajstić information content (AvgIpc) is 3.60. The molecule has 3 aromatic rings. The lowest BCUT2D eigenvalue weighted by Crippen LogP contribution is -2.35. The Hall–Kier alpha value is -3.44. The van der Waals surface area contributed by atoms with Gasteiger partial charge in [0.15, 0.2) is 5.03 Å². The smallest absolute Gasteiger partial charge is 0.333 e. The Kier molecular flexibility index (Phi) is 5.96. The van der Waals surface area contributed by atoms with Crippen molar-refractivity contribution in [1.29, 1.82) is 0 Å². The zero-order chi connectivity index (χ0) is 23.7. The zero-order valence-electron chi connectivity index (χ0n) is 18.7. The Morgan fingerprint density at radius 3 is 2.91 bits per heavy atom. The number of urea groups is 1. The number of benzene rings is 1. The van der Waals surface area contributed by atoms with Gasteiger partial charge in [0.2, 0.25) is 5.88 Å². The lowest BCUT2D eigenvalue weighted by atomic mass is 9.98. The van der Waals surface area contributed by atoms with Crippen LogP contribution in [0.2, 0.25) is 0 Å². The van der Waals surface area contributed by atoms with E-state index >= 15 is 0 Å². The van der Waals surface area contributed by atoms with Gasteiger partial charge in [0.05, 0.1) is 25.4 Å². The predicted molar refractivity (Wildman–Crippen MR) is 124 cm³/mol. The Bertz CT molecular complexity index is 1330. The molecular weight excluding hydrogens is 458 g/mol. The van der Waals surface area contributed by atoms with Crippen LogP contribution < -0.4 is 14.8 Å². The van der Waals surface area contributed by atoms with Crippen molar-refractivity contribution in [1.82, 2.24) is 19.5 Å². The summed E-state index contributed by atoms with van der Waals surface area (Å²) in [6.45, 7) is 1.09. The number of sulfonamides is 1. The summed E-state index contributed by atoms with van der Waals surface area (Å²) in [6, 6.07) is 8.08. The number of amides is 2. The molecule has 2 aromatic heterocycles. The van der Waals surface area contributed by atoms with Crippen LogP contribution in [0.3, 0.4) is 0 Å². The molecule has 11 heteroatoms. The first-order valence-corrected chi connectivity index (χ1v) is 12.5. The summed E-state index contributed by atoms with van der Waals surface area (Å²) in [5.74, 6) is 0.444. The number of methoxy groups -OCH3 is 1. The molecule has 1 fully saturated rings. The van der Waals surface area contributed by atoms with Crippen LogP contribution in [-0.2, 0) is 27.6 Å². The van der Waals surface area contributed by atoms with Gasteiger partial charge in [0.25, 0.3) is 10.0 Å². The van der Waals surface area contributed by atoms with Crippen molar-refractivity contribution in [3.8, 4) is 17.0 Å². The fraction of sp³-hybridized carbons (Fsp3) is 0.348. The topological polar surface area (TPSA) is 124 Å². The Balaban J connectivity index is 1.40. The summed E-state index contributed by atoms with van der Waals surface area (Å²) in [4.78, 5) is 17.0. The quantitative estimate of drug-likeness (QED) is 0.552. The molecule has 0 radical (unpaired) electrons. The van der Waals surface area contributed by atoms with Crippen molar-refractivity contribution >= 4 is 21.7 Å². The summed E-state index contributed by atoms with van der Waals surface area (Å²) in [7, 11) is -2.62. The molecule has 1 aliphatic carbocycles. The van der Waals surface area contributed by atoms with E-state index < -0.39 is 16.1 Å². The Labute approximate surface area is 197 Å². The molecule has 1 aromatic carbocycles. The van der Waals surface area contributed by atoms with E-state index in [1.54, 1.807) is 23.1 Å². The first-order valence-electron chi connectivity index (χ1n) is 11.1. The van der Waals surface area contributed by atoms with Gasteiger partial charge in [-0.05, 0) is 54.5 Å². The fourth-order valence-corrected chi connectivity index (χ4v) is 5.29. The predicted octanol–water partition coefficient (Wildman–Crippen LogP) is 2.91. The number of hydrogen-bond donors (Lipinski definition) is 2. The van der Waals surface area contributed by atoms with E-state index in [9.17, 15) is 13.2 Å². The molecule has 1 saturated heterocycles. The van der Waals surface area contributed by atoms with E-state index in [1.807, 2.05) is 18.2 Å². The van der Waals surface area contributed by atoms with Crippen LogP contribution in [0.5, 0.6) is 5.88 Å². The standard InChI is InChI=1S/C23H25N5O5S/c1-32-20-13-16(7-10-24-20)19-6-5-15-3-2-4-18(15)22(19)25-23(29)27-34(30,31)21-8-11-28(26-21)17-9-12-33-14-17/h5-8,10-11,13,17H,2-4,9,12,14H2,1H3,(H2,25,27,29). The summed E-state index contributed by atoms with van der Waals surface area (Å²) < 4.78 is 39.9. The SMILES string of the molecule is COc1cc(-c2ccc3c(c2NC(=O)NS(=O)(=O)c2ccn(C4CCOC4)n2)CCC3)ccn1. The number of nitrogens with zero attached hydrogens (tertiary/aromatic N) is 3. The molecule has 10 nitrogen and oxygen atoms in total. The van der Waals surface area contributed by atoms with Gasteiger partial charge < -0.3 is 14.8 Å². The number of pyridine rings is 1. The van der Waals surface area contributed by atoms with Crippen molar-refractivity contribution in [3.05, 3.63) is 53.9 Å². The number of anilines is 1. The van der Waals surface area contributed by atoms with Gasteiger partial charge >= 0.3 is 6.03 Å². The average molecular weight is 484 g/mol. The summed E-state index contributed by atoms with van der Waals surface area (Å²) in [6.07, 6.45) is 6.65. The van der Waals surface area contributed by atoms with Gasteiger partial charge in [0, 0.05) is 30.6 Å². The minimum atomic E-state index is -4.16. The van der Waals surface area contributed by atoms with Gasteiger partial charge in [-0.2, -0.15) is 13.5 Å². The number of carbonyl (C=O) groups excluding carboxylic acids is 1. The molecule has 1 unspecified atom stereocenters. The number of ether oxygens (including phenoxy) is 2. The Morgan fingerprint density at radius 1 is 1.24 bits per heavy atom. The van der Waals surface area contributed by atoms with E-state index in [-0.39, 0.29) is 11.1 Å². The van der Waals surface area contributed by atoms with Gasteiger partial charge in [-0.15, -0.1) is 0 Å². The molecule has 5 rings (SSSR count). The monoisotopic (exact) mass is 483 g/mol. The van der Waals surface area contributed by atoms with E-state index in [1.165, 1.54) is 13.2 Å². The van der Waals surface area contributed by atoms with Crippen LogP contribution >= 0.6 is 0 Å². The molecule has 1 atom stereocenters. The number of aryl methyl sites for hydroxylation is 1. The molecule has 2 aliphatic rings. The fourth-order valence-electron chi connectivity index (χ4n) is 4.45. The van der Waals surface area contributed by atoms with Gasteiger partial charge in [-0.1, -0.05) is 12.1 Å². The van der Waals surface area contributed by atoms with Crippen molar-refractivity contribution < 1.29 is 22.7 Å². The van der Waals surface area contributed by atoms with Crippen molar-refractivity contribution in [2.45, 2.75) is 36.8 Å². The van der Waals surface area contributed by atoms with E-state index in [4.69, 9.17) is 9.47 Å². The Morgan fingerprint density at radius 2 is 2.12 bits per heavy atom. The van der Waals surface area contributed by atoms with Crippen LogP contribution in [0.25, 0.3) is 11.1 Å². The second-order valence-electron chi connectivity index (χ2n) is 8.28. The summed E-state index contributed by atoms with van der Waals surface area (Å²) in [5, 5.41) is 6.73. The van der Waals surface area contributed by atoms with Crippen LogP contribution in [0, 0.1) is 0 Å². The first-order chi connectivity index (χ1) is 16.4. The lowest BCUT2D eigenvalue weighted by molar-refractivity contribution is 0.184. The molecule has 2 N–H and O–H groups in total. The summed E-state index contributed by atoms with van der Waals surface area (Å²) >= 11 is 0. The molecule has 2 amide bonds. The minimum absolute atomic E-state index is 0.00963. The highest BCUT2D eigenvalue weighted by Gasteiger charge is 2.26.